The normalized spacial score (nSPS) is 15.8. The molecular formula is C22H24N3O6S+. The van der Waals surface area contributed by atoms with Crippen LogP contribution in [0.4, 0.5) is 5.69 Å². The highest BCUT2D eigenvalue weighted by Gasteiger charge is 2.35. The van der Waals surface area contributed by atoms with Gasteiger partial charge in [-0.05, 0) is 31.0 Å². The molecule has 9 nitrogen and oxygen atoms in total. The molecule has 32 heavy (non-hydrogen) atoms. The molecular weight excluding hydrogens is 434 g/mol. The van der Waals surface area contributed by atoms with Gasteiger partial charge in [-0.2, -0.15) is 4.31 Å². The van der Waals surface area contributed by atoms with Crippen LogP contribution in [0.1, 0.15) is 16.7 Å². The van der Waals surface area contributed by atoms with Crippen molar-refractivity contribution in [1.29, 1.82) is 0 Å². The van der Waals surface area contributed by atoms with Gasteiger partial charge in [0.25, 0.3) is 5.69 Å². The molecule has 0 unspecified atom stereocenters. The standard InChI is InChI=1S/C22H23N3O6S/c1-15-7-8-18-17(13-21(26)31-22(18)16(15)2)14-23-9-11-24(12-10-23)32(29,30)20-6-4-3-5-19(20)25(27)28/h3-8,13H,9-12,14H2,1-2H3/p+1. The number of piperazine rings is 1. The molecule has 4 rings (SSSR count). The van der Waals surface area contributed by atoms with E-state index in [0.717, 1.165) is 27.0 Å². The van der Waals surface area contributed by atoms with E-state index < -0.39 is 26.3 Å². The molecule has 10 heteroatoms. The maximum atomic E-state index is 13.0. The number of aryl methyl sites for hydroxylation is 2. The second-order valence-corrected chi connectivity index (χ2v) is 9.94. The van der Waals surface area contributed by atoms with E-state index in [9.17, 15) is 23.3 Å². The summed E-state index contributed by atoms with van der Waals surface area (Å²) in [5.74, 6) is 0. The van der Waals surface area contributed by atoms with Crippen LogP contribution in [0.25, 0.3) is 11.0 Å². The van der Waals surface area contributed by atoms with Crippen molar-refractivity contribution in [2.75, 3.05) is 26.2 Å². The molecule has 1 saturated heterocycles. The van der Waals surface area contributed by atoms with Crippen molar-refractivity contribution in [3.63, 3.8) is 0 Å². The van der Waals surface area contributed by atoms with Gasteiger partial charge in [-0.15, -0.1) is 0 Å². The lowest BCUT2D eigenvalue weighted by molar-refractivity contribution is -0.917. The van der Waals surface area contributed by atoms with Gasteiger partial charge in [-0.25, -0.2) is 13.2 Å². The minimum absolute atomic E-state index is 0.237. The number of hydrogen-bond donors (Lipinski definition) is 1. The monoisotopic (exact) mass is 458 g/mol. The summed E-state index contributed by atoms with van der Waals surface area (Å²) < 4.78 is 32.8. The Balaban J connectivity index is 1.54. The third-order valence-corrected chi connectivity index (χ3v) is 8.01. The van der Waals surface area contributed by atoms with Crippen LogP contribution in [-0.2, 0) is 16.6 Å². The highest BCUT2D eigenvalue weighted by molar-refractivity contribution is 7.89. The topological polar surface area (TPSA) is 115 Å². The molecule has 0 atom stereocenters. The number of nitro benzene ring substituents is 1. The molecule has 1 aromatic heterocycles. The van der Waals surface area contributed by atoms with Gasteiger partial charge in [0, 0.05) is 23.1 Å². The van der Waals surface area contributed by atoms with E-state index in [1.165, 1.54) is 34.6 Å². The van der Waals surface area contributed by atoms with Crippen molar-refractivity contribution in [3.05, 3.63) is 79.7 Å². The minimum atomic E-state index is -3.97. The molecule has 168 valence electrons. The number of sulfonamides is 1. The number of para-hydroxylation sites is 1. The Morgan fingerprint density at radius 1 is 1.12 bits per heavy atom. The summed E-state index contributed by atoms with van der Waals surface area (Å²) in [7, 11) is -3.97. The van der Waals surface area contributed by atoms with Gasteiger partial charge < -0.3 is 9.32 Å². The maximum Gasteiger partial charge on any atom is 0.336 e. The first-order chi connectivity index (χ1) is 15.2. The first-order valence-corrected chi connectivity index (χ1v) is 11.7. The SMILES string of the molecule is Cc1ccc2c(C[NH+]3CCN(S(=O)(=O)c4ccccc4[N+](=O)[O-])CC3)cc(=O)oc2c1C. The molecule has 2 heterocycles. The second-order valence-electron chi connectivity index (χ2n) is 8.03. The van der Waals surface area contributed by atoms with Crippen molar-refractivity contribution in [2.45, 2.75) is 25.3 Å². The van der Waals surface area contributed by atoms with Crippen LogP contribution in [0.3, 0.4) is 0 Å². The zero-order valence-corrected chi connectivity index (χ0v) is 18.6. The largest absolute Gasteiger partial charge is 0.422 e. The molecule has 0 bridgehead atoms. The lowest BCUT2D eigenvalue weighted by Gasteiger charge is -2.31. The molecule has 0 radical (unpaired) electrons. The fraction of sp³-hybridized carbons (Fsp3) is 0.318. The third-order valence-electron chi connectivity index (χ3n) is 6.07. The molecule has 0 amide bonds. The second kappa shape index (κ2) is 8.45. The molecule has 1 aliphatic rings. The summed E-state index contributed by atoms with van der Waals surface area (Å²) in [6, 6.07) is 10.8. The fourth-order valence-electron chi connectivity index (χ4n) is 4.12. The number of nitrogens with zero attached hydrogens (tertiary/aromatic N) is 2. The van der Waals surface area contributed by atoms with Gasteiger partial charge in [0.1, 0.15) is 12.1 Å². The van der Waals surface area contributed by atoms with Crippen molar-refractivity contribution in [3.8, 4) is 0 Å². The van der Waals surface area contributed by atoms with Gasteiger partial charge in [0.05, 0.1) is 31.1 Å². The Bertz CT molecular complexity index is 1360. The predicted molar refractivity (Wildman–Crippen MR) is 118 cm³/mol. The number of nitrogens with one attached hydrogen (secondary N) is 1. The predicted octanol–water partition coefficient (Wildman–Crippen LogP) is 1.41. The average molecular weight is 459 g/mol. The van der Waals surface area contributed by atoms with Crippen LogP contribution in [-0.4, -0.2) is 43.8 Å². The van der Waals surface area contributed by atoms with Crippen LogP contribution in [0.5, 0.6) is 0 Å². The quantitative estimate of drug-likeness (QED) is 0.351. The number of nitro groups is 1. The van der Waals surface area contributed by atoms with E-state index in [4.69, 9.17) is 4.42 Å². The summed E-state index contributed by atoms with van der Waals surface area (Å²) >= 11 is 0. The lowest BCUT2D eigenvalue weighted by Crippen LogP contribution is -3.13. The smallest absolute Gasteiger partial charge is 0.336 e. The van der Waals surface area contributed by atoms with Crippen LogP contribution in [0, 0.1) is 24.0 Å². The van der Waals surface area contributed by atoms with Crippen molar-refractivity contribution >= 4 is 26.7 Å². The van der Waals surface area contributed by atoms with Crippen molar-refractivity contribution in [1.82, 2.24) is 4.31 Å². The number of quaternary nitrogens is 1. The van der Waals surface area contributed by atoms with E-state index in [1.54, 1.807) is 0 Å². The number of hydrogen-bond acceptors (Lipinski definition) is 6. The Morgan fingerprint density at radius 3 is 2.50 bits per heavy atom. The molecule has 0 aliphatic carbocycles. The highest BCUT2D eigenvalue weighted by Crippen LogP contribution is 2.26. The molecule has 1 aliphatic heterocycles. The van der Waals surface area contributed by atoms with Gasteiger partial charge in [0.15, 0.2) is 4.90 Å². The van der Waals surface area contributed by atoms with Crippen molar-refractivity contribution in [2.24, 2.45) is 0 Å². The molecule has 1 N–H and O–H groups in total. The number of rotatable bonds is 5. The summed E-state index contributed by atoms with van der Waals surface area (Å²) in [6.45, 7) is 5.96. The van der Waals surface area contributed by atoms with E-state index in [0.29, 0.717) is 25.2 Å². The Kier molecular flexibility index (Phi) is 5.85. The molecule has 1 fully saturated rings. The van der Waals surface area contributed by atoms with Gasteiger partial charge in [-0.1, -0.05) is 24.3 Å². The summed E-state index contributed by atoms with van der Waals surface area (Å²) in [5.41, 5.74) is 2.60. The van der Waals surface area contributed by atoms with Gasteiger partial charge in [0.2, 0.25) is 10.0 Å². The maximum absolute atomic E-state index is 13.0. The average Bonchev–Trinajstić information content (AvgIpc) is 2.77. The summed E-state index contributed by atoms with van der Waals surface area (Å²) in [4.78, 5) is 23.6. The van der Waals surface area contributed by atoms with Crippen LogP contribution in [0.15, 0.2) is 56.6 Å². The molecule has 0 spiro atoms. The molecule has 2 aromatic carbocycles. The van der Waals surface area contributed by atoms with E-state index >= 15 is 0 Å². The summed E-state index contributed by atoms with van der Waals surface area (Å²) in [5, 5.41) is 12.2. The minimum Gasteiger partial charge on any atom is -0.422 e. The number of fused-ring (bicyclic) bond motifs is 1. The Labute approximate surface area is 185 Å². The lowest BCUT2D eigenvalue weighted by atomic mass is 10.0. The Morgan fingerprint density at radius 2 is 1.81 bits per heavy atom. The zero-order valence-electron chi connectivity index (χ0n) is 17.8. The molecule has 0 saturated carbocycles. The van der Waals surface area contributed by atoms with Crippen molar-refractivity contribution < 1.29 is 22.7 Å². The zero-order chi connectivity index (χ0) is 23.0. The van der Waals surface area contributed by atoms with Crippen LogP contribution >= 0.6 is 0 Å². The van der Waals surface area contributed by atoms with Crippen LogP contribution in [0.2, 0.25) is 0 Å². The first-order valence-electron chi connectivity index (χ1n) is 10.3. The number of benzene rings is 2. The fourth-order valence-corrected chi connectivity index (χ4v) is 5.72. The highest BCUT2D eigenvalue weighted by atomic mass is 32.2. The van der Waals surface area contributed by atoms with E-state index in [2.05, 4.69) is 0 Å². The van der Waals surface area contributed by atoms with Gasteiger partial charge >= 0.3 is 5.63 Å². The summed E-state index contributed by atoms with van der Waals surface area (Å²) in [6.07, 6.45) is 0. The molecule has 3 aromatic rings. The van der Waals surface area contributed by atoms with E-state index in [-0.39, 0.29) is 18.0 Å². The van der Waals surface area contributed by atoms with Gasteiger partial charge in [-0.3, -0.25) is 10.1 Å². The third kappa shape index (κ3) is 4.04. The van der Waals surface area contributed by atoms with E-state index in [1.807, 2.05) is 26.0 Å². The first kappa shape index (κ1) is 22.1. The Hall–Kier alpha value is -3.08. The van der Waals surface area contributed by atoms with Crippen LogP contribution < -0.4 is 10.5 Å².